The van der Waals surface area contributed by atoms with Gasteiger partial charge in [0.25, 0.3) is 5.89 Å². The van der Waals surface area contributed by atoms with E-state index in [1.54, 1.807) is 30.3 Å². The first kappa shape index (κ1) is 19.0. The number of likely N-dealkylation sites (tertiary alicyclic amines) is 1. The number of hydrogen-bond acceptors (Lipinski definition) is 8. The van der Waals surface area contributed by atoms with Crippen LogP contribution in [0, 0.1) is 5.92 Å². The molecule has 0 unspecified atom stereocenters. The fraction of sp³-hybridized carbons (Fsp3) is 0.500. The lowest BCUT2D eigenvalue weighted by Crippen LogP contribution is -2.42. The van der Waals surface area contributed by atoms with E-state index in [0.717, 1.165) is 5.56 Å². The monoisotopic (exact) mass is 374 g/mol. The zero-order chi connectivity index (χ0) is 19.1. The van der Waals surface area contributed by atoms with Crippen LogP contribution in [0.15, 0.2) is 29.0 Å². The topological polar surface area (TPSA) is 108 Å². The SMILES string of the molecule is CCOC(=O)C1CCN(C(=O)COCc2nc(-c3cccnc3)no2)CC1. The molecule has 1 saturated heterocycles. The van der Waals surface area contributed by atoms with Gasteiger partial charge in [-0.3, -0.25) is 14.6 Å². The number of amides is 1. The summed E-state index contributed by atoms with van der Waals surface area (Å²) in [6.07, 6.45) is 4.53. The van der Waals surface area contributed by atoms with Crippen LogP contribution in [0.3, 0.4) is 0 Å². The summed E-state index contributed by atoms with van der Waals surface area (Å²) < 4.78 is 15.6. The molecule has 0 saturated carbocycles. The van der Waals surface area contributed by atoms with Crippen molar-refractivity contribution in [3.63, 3.8) is 0 Å². The fourth-order valence-electron chi connectivity index (χ4n) is 2.87. The average Bonchev–Trinajstić information content (AvgIpc) is 3.18. The van der Waals surface area contributed by atoms with Gasteiger partial charge in [0.1, 0.15) is 13.2 Å². The fourth-order valence-corrected chi connectivity index (χ4v) is 2.87. The van der Waals surface area contributed by atoms with Crippen LogP contribution in [-0.2, 0) is 25.7 Å². The smallest absolute Gasteiger partial charge is 0.309 e. The second-order valence-electron chi connectivity index (χ2n) is 6.15. The van der Waals surface area contributed by atoms with Gasteiger partial charge >= 0.3 is 5.97 Å². The lowest BCUT2D eigenvalue weighted by molar-refractivity contribution is -0.152. The van der Waals surface area contributed by atoms with Gasteiger partial charge in [-0.25, -0.2) is 0 Å². The van der Waals surface area contributed by atoms with Gasteiger partial charge in [0.15, 0.2) is 0 Å². The zero-order valence-corrected chi connectivity index (χ0v) is 15.2. The third kappa shape index (κ3) is 5.10. The summed E-state index contributed by atoms with van der Waals surface area (Å²) >= 11 is 0. The molecule has 1 amide bonds. The molecule has 0 radical (unpaired) electrons. The molecule has 2 aromatic rings. The maximum Gasteiger partial charge on any atom is 0.309 e. The number of nitrogens with zero attached hydrogens (tertiary/aromatic N) is 4. The van der Waals surface area contributed by atoms with Gasteiger partial charge in [-0.15, -0.1) is 0 Å². The molecule has 3 rings (SSSR count). The van der Waals surface area contributed by atoms with E-state index in [4.69, 9.17) is 14.0 Å². The predicted molar refractivity (Wildman–Crippen MR) is 93.1 cm³/mol. The van der Waals surface area contributed by atoms with E-state index in [2.05, 4.69) is 15.1 Å². The first-order valence-electron chi connectivity index (χ1n) is 8.92. The van der Waals surface area contributed by atoms with Gasteiger partial charge in [0.2, 0.25) is 11.7 Å². The van der Waals surface area contributed by atoms with Gasteiger partial charge in [0.05, 0.1) is 12.5 Å². The summed E-state index contributed by atoms with van der Waals surface area (Å²) in [5, 5.41) is 3.87. The molecule has 1 aliphatic rings. The molecule has 0 N–H and O–H groups in total. The number of hydrogen-bond donors (Lipinski definition) is 0. The van der Waals surface area contributed by atoms with E-state index in [0.29, 0.717) is 44.3 Å². The molecule has 0 atom stereocenters. The van der Waals surface area contributed by atoms with Crippen molar-refractivity contribution in [1.82, 2.24) is 20.0 Å². The molecular formula is C18H22N4O5. The van der Waals surface area contributed by atoms with Crippen LogP contribution in [0.4, 0.5) is 0 Å². The Hall–Kier alpha value is -2.81. The minimum Gasteiger partial charge on any atom is -0.466 e. The van der Waals surface area contributed by atoms with E-state index in [1.165, 1.54) is 0 Å². The van der Waals surface area contributed by atoms with Gasteiger partial charge in [-0.1, -0.05) is 5.16 Å². The third-order valence-electron chi connectivity index (χ3n) is 4.31. The first-order valence-corrected chi connectivity index (χ1v) is 8.92. The molecular weight excluding hydrogens is 352 g/mol. The molecule has 1 aliphatic heterocycles. The first-order chi connectivity index (χ1) is 13.2. The Morgan fingerprint density at radius 3 is 2.85 bits per heavy atom. The van der Waals surface area contributed by atoms with Crippen molar-refractivity contribution < 1.29 is 23.6 Å². The predicted octanol–water partition coefficient (Wildman–Crippen LogP) is 1.45. The molecule has 27 heavy (non-hydrogen) atoms. The van der Waals surface area contributed by atoms with Gasteiger partial charge in [-0.05, 0) is 31.9 Å². The molecule has 0 spiro atoms. The Kier molecular flexibility index (Phi) is 6.48. The second kappa shape index (κ2) is 9.22. The molecule has 9 nitrogen and oxygen atoms in total. The number of carbonyl (C=O) groups is 2. The van der Waals surface area contributed by atoms with Crippen LogP contribution < -0.4 is 0 Å². The third-order valence-corrected chi connectivity index (χ3v) is 4.31. The number of piperidine rings is 1. The molecule has 9 heteroatoms. The maximum absolute atomic E-state index is 12.2. The van der Waals surface area contributed by atoms with Crippen molar-refractivity contribution in [2.24, 2.45) is 5.92 Å². The zero-order valence-electron chi connectivity index (χ0n) is 15.2. The second-order valence-corrected chi connectivity index (χ2v) is 6.15. The summed E-state index contributed by atoms with van der Waals surface area (Å²) in [4.78, 5) is 33.9. The molecule has 0 aromatic carbocycles. The van der Waals surface area contributed by atoms with Crippen molar-refractivity contribution in [1.29, 1.82) is 0 Å². The van der Waals surface area contributed by atoms with Crippen LogP contribution in [0.2, 0.25) is 0 Å². The number of pyridine rings is 1. The summed E-state index contributed by atoms with van der Waals surface area (Å²) in [6.45, 7) is 3.20. The number of ether oxygens (including phenoxy) is 2. The van der Waals surface area contributed by atoms with Gasteiger partial charge in [-0.2, -0.15) is 4.98 Å². The highest BCUT2D eigenvalue weighted by atomic mass is 16.5. The van der Waals surface area contributed by atoms with Crippen LogP contribution in [0.1, 0.15) is 25.7 Å². The minimum absolute atomic E-state index is 0.0539. The summed E-state index contributed by atoms with van der Waals surface area (Å²) in [6, 6.07) is 3.61. The molecule has 0 aliphatic carbocycles. The van der Waals surface area contributed by atoms with Gasteiger partial charge in [0, 0.05) is 31.0 Å². The summed E-state index contributed by atoms with van der Waals surface area (Å²) in [5.74, 6) is 0.293. The van der Waals surface area contributed by atoms with Crippen LogP contribution in [0.5, 0.6) is 0 Å². The Morgan fingerprint density at radius 2 is 2.15 bits per heavy atom. The molecule has 1 fully saturated rings. The Balaban J connectivity index is 1.40. The Bertz CT molecular complexity index is 756. The largest absolute Gasteiger partial charge is 0.466 e. The molecule has 3 heterocycles. The van der Waals surface area contributed by atoms with E-state index < -0.39 is 0 Å². The van der Waals surface area contributed by atoms with Gasteiger partial charge < -0.3 is 18.9 Å². The Morgan fingerprint density at radius 1 is 1.33 bits per heavy atom. The summed E-state index contributed by atoms with van der Waals surface area (Å²) in [5.41, 5.74) is 0.744. The van der Waals surface area contributed by atoms with Crippen molar-refractivity contribution in [2.75, 3.05) is 26.3 Å². The normalized spacial score (nSPS) is 14.9. The standard InChI is InChI=1S/C18H22N4O5/c1-2-26-18(24)13-5-8-22(9-6-13)16(23)12-25-11-15-20-17(21-27-15)14-4-3-7-19-10-14/h3-4,7,10,13H,2,5-6,8-9,11-12H2,1H3. The van der Waals surface area contributed by atoms with E-state index in [9.17, 15) is 9.59 Å². The van der Waals surface area contributed by atoms with Crippen LogP contribution in [0.25, 0.3) is 11.4 Å². The number of esters is 1. The number of rotatable bonds is 7. The Labute approximate surface area is 156 Å². The molecule has 2 aromatic heterocycles. The molecule has 144 valence electrons. The highest BCUT2D eigenvalue weighted by Crippen LogP contribution is 2.19. The minimum atomic E-state index is -0.179. The number of aromatic nitrogens is 3. The van der Waals surface area contributed by atoms with Crippen LogP contribution >= 0.6 is 0 Å². The van der Waals surface area contributed by atoms with Crippen molar-refractivity contribution in [3.05, 3.63) is 30.4 Å². The lowest BCUT2D eigenvalue weighted by atomic mass is 9.97. The highest BCUT2D eigenvalue weighted by molar-refractivity contribution is 5.78. The van der Waals surface area contributed by atoms with Crippen molar-refractivity contribution in [2.45, 2.75) is 26.4 Å². The van der Waals surface area contributed by atoms with Crippen molar-refractivity contribution >= 4 is 11.9 Å². The quantitative estimate of drug-likeness (QED) is 0.670. The van der Waals surface area contributed by atoms with E-state index >= 15 is 0 Å². The van der Waals surface area contributed by atoms with E-state index in [-0.39, 0.29) is 31.0 Å². The molecule has 0 bridgehead atoms. The highest BCUT2D eigenvalue weighted by Gasteiger charge is 2.28. The van der Waals surface area contributed by atoms with E-state index in [1.807, 2.05) is 6.07 Å². The lowest BCUT2D eigenvalue weighted by Gasteiger charge is -2.30. The van der Waals surface area contributed by atoms with Crippen LogP contribution in [-0.4, -0.2) is 58.2 Å². The summed E-state index contributed by atoms with van der Waals surface area (Å²) in [7, 11) is 0. The number of carbonyl (C=O) groups excluding carboxylic acids is 2. The average molecular weight is 374 g/mol. The maximum atomic E-state index is 12.2. The van der Waals surface area contributed by atoms with Crippen molar-refractivity contribution in [3.8, 4) is 11.4 Å².